The van der Waals surface area contributed by atoms with E-state index in [1.807, 2.05) is 30.5 Å². The first-order chi connectivity index (χ1) is 25.8. The van der Waals surface area contributed by atoms with Gasteiger partial charge >= 0.3 is 16.5 Å². The Morgan fingerprint density at radius 3 is 1.21 bits per heavy atom. The topological polar surface area (TPSA) is 66.9 Å². The summed E-state index contributed by atoms with van der Waals surface area (Å²) in [7, 11) is 0. The summed E-state index contributed by atoms with van der Waals surface area (Å²) in [6.07, 6.45) is 10.2. The van der Waals surface area contributed by atoms with E-state index in [4.69, 9.17) is 24.9 Å². The molecule has 8 bridgehead atoms. The molecule has 10 rings (SSSR count). The summed E-state index contributed by atoms with van der Waals surface area (Å²) >= 11 is 0. The van der Waals surface area contributed by atoms with Crippen molar-refractivity contribution in [2.45, 2.75) is 0 Å². The molecule has 5 nitrogen and oxygen atoms in total. The second kappa shape index (κ2) is 13.5. The summed E-state index contributed by atoms with van der Waals surface area (Å²) in [6, 6.07) is 49.9. The summed E-state index contributed by atoms with van der Waals surface area (Å²) in [5.41, 5.74) is 15.5. The van der Waals surface area contributed by atoms with Crippen LogP contribution in [0.4, 0.5) is 0 Å². The van der Waals surface area contributed by atoms with Gasteiger partial charge < -0.3 is 9.97 Å². The van der Waals surface area contributed by atoms with E-state index in [1.54, 1.807) is 0 Å². The summed E-state index contributed by atoms with van der Waals surface area (Å²) in [5, 5.41) is 1.05. The molecule has 8 aromatic rings. The maximum atomic E-state index is 5.39. The van der Waals surface area contributed by atoms with Crippen LogP contribution in [0.5, 0.6) is 0 Å². The Bertz CT molecular complexity index is 2850. The quantitative estimate of drug-likeness (QED) is 0.169. The number of para-hydroxylation sites is 1. The molecular formula is C47H29N5Ni. The molecule has 0 aliphatic carbocycles. The summed E-state index contributed by atoms with van der Waals surface area (Å²) in [6.45, 7) is 0. The molecule has 252 valence electrons. The Balaban J connectivity index is 0.00000372. The van der Waals surface area contributed by atoms with Gasteiger partial charge in [-0.1, -0.05) is 140 Å². The van der Waals surface area contributed by atoms with E-state index < -0.39 is 0 Å². The molecule has 0 fully saturated rings. The third kappa shape index (κ3) is 5.70. The average Bonchev–Trinajstić information content (AvgIpc) is 4.04. The van der Waals surface area contributed by atoms with Crippen molar-refractivity contribution < 1.29 is 16.5 Å². The predicted molar refractivity (Wildman–Crippen MR) is 214 cm³/mol. The van der Waals surface area contributed by atoms with Crippen LogP contribution in [0, 0.1) is 0 Å². The number of fused-ring (bicyclic) bond motifs is 9. The Kier molecular flexibility index (Phi) is 8.23. The van der Waals surface area contributed by atoms with Gasteiger partial charge in [-0.05, 0) is 69.3 Å². The molecule has 4 aromatic carbocycles. The van der Waals surface area contributed by atoms with Crippen molar-refractivity contribution in [3.63, 3.8) is 0 Å². The molecule has 6 heterocycles. The van der Waals surface area contributed by atoms with Crippen LogP contribution >= 0.6 is 0 Å². The van der Waals surface area contributed by atoms with Crippen LogP contribution < -0.4 is 9.97 Å². The molecule has 0 saturated carbocycles. The van der Waals surface area contributed by atoms with Gasteiger partial charge in [0.2, 0.25) is 0 Å². The Labute approximate surface area is 316 Å². The van der Waals surface area contributed by atoms with Gasteiger partial charge in [0.15, 0.2) is 0 Å². The third-order valence-electron chi connectivity index (χ3n) is 9.70. The monoisotopic (exact) mass is 721 g/mol. The first-order valence-electron chi connectivity index (χ1n) is 17.3. The van der Waals surface area contributed by atoms with Crippen molar-refractivity contribution >= 4 is 57.3 Å². The molecule has 4 aromatic heterocycles. The second-order valence-corrected chi connectivity index (χ2v) is 12.8. The number of aromatic nitrogens is 5. The fraction of sp³-hybridized carbons (Fsp3) is 0. The van der Waals surface area contributed by atoms with Gasteiger partial charge in [0.05, 0.1) is 28.3 Å². The molecular weight excluding hydrogens is 693 g/mol. The van der Waals surface area contributed by atoms with Crippen molar-refractivity contribution in [1.29, 1.82) is 0 Å². The van der Waals surface area contributed by atoms with E-state index in [0.29, 0.717) is 0 Å². The molecule has 53 heavy (non-hydrogen) atoms. The smallest absolute Gasteiger partial charge is 0.657 e. The number of hydrogen-bond donors (Lipinski definition) is 0. The zero-order chi connectivity index (χ0) is 34.4. The van der Waals surface area contributed by atoms with Crippen LogP contribution in [0.15, 0.2) is 152 Å². The first-order valence-corrected chi connectivity index (χ1v) is 17.3. The van der Waals surface area contributed by atoms with Crippen LogP contribution in [0.1, 0.15) is 22.8 Å². The molecule has 6 heteroatoms. The van der Waals surface area contributed by atoms with Crippen molar-refractivity contribution in [2.75, 3.05) is 0 Å². The van der Waals surface area contributed by atoms with E-state index >= 15 is 0 Å². The minimum Gasteiger partial charge on any atom is -0.657 e. The van der Waals surface area contributed by atoms with Gasteiger partial charge in [-0.3, -0.25) is 4.98 Å². The Morgan fingerprint density at radius 1 is 0.358 bits per heavy atom. The molecule has 0 unspecified atom stereocenters. The number of hydrogen-bond acceptors (Lipinski definition) is 3. The zero-order valence-corrected chi connectivity index (χ0v) is 29.3. The third-order valence-corrected chi connectivity index (χ3v) is 9.70. The van der Waals surface area contributed by atoms with E-state index in [1.165, 1.54) is 0 Å². The molecule has 0 amide bonds. The molecule has 0 radical (unpaired) electrons. The van der Waals surface area contributed by atoms with Gasteiger partial charge in [0.1, 0.15) is 0 Å². The number of pyridine rings is 1. The maximum absolute atomic E-state index is 5.39. The van der Waals surface area contributed by atoms with Crippen molar-refractivity contribution in [2.24, 2.45) is 0 Å². The Hall–Kier alpha value is -6.62. The van der Waals surface area contributed by atoms with Crippen molar-refractivity contribution in [3.05, 3.63) is 175 Å². The molecule has 0 atom stereocenters. The first kappa shape index (κ1) is 32.3. The zero-order valence-electron chi connectivity index (χ0n) is 28.3. The van der Waals surface area contributed by atoms with Gasteiger partial charge in [-0.2, -0.15) is 0 Å². The molecule has 0 saturated heterocycles. The molecule has 0 N–H and O–H groups in total. The fourth-order valence-corrected chi connectivity index (χ4v) is 7.37. The molecule has 0 spiro atoms. The normalized spacial score (nSPS) is 11.8. The van der Waals surface area contributed by atoms with Crippen LogP contribution in [0.25, 0.3) is 102 Å². The summed E-state index contributed by atoms with van der Waals surface area (Å²) in [4.78, 5) is 26.3. The summed E-state index contributed by atoms with van der Waals surface area (Å²) < 4.78 is 0. The number of rotatable bonds is 4. The van der Waals surface area contributed by atoms with Crippen LogP contribution in [0.3, 0.4) is 0 Å². The van der Waals surface area contributed by atoms with E-state index in [-0.39, 0.29) is 16.5 Å². The van der Waals surface area contributed by atoms with Crippen LogP contribution in [-0.4, -0.2) is 15.0 Å². The number of benzene rings is 4. The minimum atomic E-state index is 0. The van der Waals surface area contributed by atoms with Gasteiger partial charge in [-0.15, -0.1) is 22.1 Å². The van der Waals surface area contributed by atoms with Crippen LogP contribution in [-0.2, 0) is 16.5 Å². The van der Waals surface area contributed by atoms with E-state index in [9.17, 15) is 0 Å². The van der Waals surface area contributed by atoms with E-state index in [0.717, 1.165) is 100 Å². The second-order valence-electron chi connectivity index (χ2n) is 12.8. The van der Waals surface area contributed by atoms with Crippen molar-refractivity contribution in [3.8, 4) is 44.5 Å². The largest absolute Gasteiger partial charge is 2.00 e. The SMILES string of the molecule is C1=Cc2nc1c(-c1ccccc1)c1ccc([n-]1)c(-c1ccccc1)c1nc(c(-c3cccc4cccnc34)c3ccc([n-]3)c2-c2ccccc2)C=C1.[Ni+2]. The average molecular weight is 722 g/mol. The Morgan fingerprint density at radius 2 is 0.755 bits per heavy atom. The number of nitrogens with zero attached hydrogens (tertiary/aromatic N) is 5. The predicted octanol–water partition coefficient (Wildman–Crippen LogP) is 11.1. The van der Waals surface area contributed by atoms with Gasteiger partial charge in [0, 0.05) is 17.1 Å². The van der Waals surface area contributed by atoms with Crippen molar-refractivity contribution in [1.82, 2.24) is 24.9 Å². The summed E-state index contributed by atoms with van der Waals surface area (Å²) in [5.74, 6) is 0. The van der Waals surface area contributed by atoms with E-state index in [2.05, 4.69) is 146 Å². The minimum absolute atomic E-state index is 0. The fourth-order valence-electron chi connectivity index (χ4n) is 7.37. The molecule has 2 aliphatic heterocycles. The van der Waals surface area contributed by atoms with Gasteiger partial charge in [0.25, 0.3) is 0 Å². The molecule has 2 aliphatic rings. The van der Waals surface area contributed by atoms with Crippen LogP contribution in [0.2, 0.25) is 0 Å². The standard InChI is InChI=1S/C47H29N5.Ni/c1-4-12-30(13-5-1)43-35-21-23-37(49-35)44(31-14-6-2-7-15-31)39-25-27-41(51-39)46(34-20-10-18-33-19-11-29-48-47(33)34)42-28-26-40(52-42)45(32-16-8-3-9-17-32)38-24-22-36(43)50-38;/h1-29H;/q-2;+2. The van der Waals surface area contributed by atoms with Gasteiger partial charge in [-0.25, -0.2) is 9.97 Å². The maximum Gasteiger partial charge on any atom is 2.00 e.